The molecule has 1 aromatic heterocycles. The number of thioether (sulfide) groups is 1. The number of rotatable bonds is 5. The summed E-state index contributed by atoms with van der Waals surface area (Å²) in [6.45, 7) is 10.5. The molecule has 1 rings (SSSR count). The third kappa shape index (κ3) is 4.01. The average Bonchev–Trinajstić information content (AvgIpc) is 2.37. The second-order valence-electron chi connectivity index (χ2n) is 6.16. The molecule has 0 aliphatic heterocycles. The predicted octanol–water partition coefficient (Wildman–Crippen LogP) is 4.31. The molecule has 0 spiro atoms. The van der Waals surface area contributed by atoms with E-state index in [1.54, 1.807) is 0 Å². The molecule has 5 heteroatoms. The van der Waals surface area contributed by atoms with E-state index < -0.39 is 0 Å². The Morgan fingerprint density at radius 1 is 1.30 bits per heavy atom. The fourth-order valence-electron chi connectivity index (χ4n) is 2.03. The molecule has 0 amide bonds. The monoisotopic (exact) mass is 315 g/mol. The van der Waals surface area contributed by atoms with E-state index in [0.717, 1.165) is 29.4 Å². The lowest BCUT2D eigenvalue weighted by Crippen LogP contribution is -2.35. The van der Waals surface area contributed by atoms with Crippen molar-refractivity contribution < 1.29 is 0 Å². The number of anilines is 1. The van der Waals surface area contributed by atoms with E-state index >= 15 is 0 Å². The summed E-state index contributed by atoms with van der Waals surface area (Å²) in [5, 5.41) is 0.561. The molecule has 0 saturated carbocycles. The first-order valence-electron chi connectivity index (χ1n) is 6.98. The van der Waals surface area contributed by atoms with Crippen molar-refractivity contribution in [3.05, 3.63) is 16.5 Å². The lowest BCUT2D eigenvalue weighted by Gasteiger charge is -2.30. The van der Waals surface area contributed by atoms with E-state index in [1.165, 1.54) is 0 Å². The standard InChI is InChI=1S/C15H26ClN3S/c1-8-11(9-20-7)19(6)13-10(2)12(16)17-14(18-13)15(3,4)5/h11H,8-9H2,1-7H3. The molecule has 0 bridgehead atoms. The molecule has 1 aromatic rings. The van der Waals surface area contributed by atoms with Crippen molar-refractivity contribution in [2.75, 3.05) is 24.0 Å². The molecule has 3 nitrogen and oxygen atoms in total. The molecular formula is C15H26ClN3S. The zero-order chi connectivity index (χ0) is 15.5. The Morgan fingerprint density at radius 3 is 2.35 bits per heavy atom. The first-order valence-corrected chi connectivity index (χ1v) is 8.75. The summed E-state index contributed by atoms with van der Waals surface area (Å²) in [4.78, 5) is 11.5. The summed E-state index contributed by atoms with van der Waals surface area (Å²) in [5.74, 6) is 2.84. The van der Waals surface area contributed by atoms with Gasteiger partial charge in [-0.05, 0) is 19.6 Å². The number of aromatic nitrogens is 2. The summed E-state index contributed by atoms with van der Waals surface area (Å²) in [7, 11) is 2.10. The van der Waals surface area contributed by atoms with Crippen LogP contribution < -0.4 is 4.90 Å². The fourth-order valence-corrected chi connectivity index (χ4v) is 3.03. The number of nitrogens with zero attached hydrogens (tertiary/aromatic N) is 3. The van der Waals surface area contributed by atoms with Crippen molar-refractivity contribution in [3.8, 4) is 0 Å². The third-order valence-electron chi connectivity index (χ3n) is 3.44. The minimum Gasteiger partial charge on any atom is -0.356 e. The van der Waals surface area contributed by atoms with E-state index in [2.05, 4.69) is 50.9 Å². The molecule has 1 atom stereocenters. The third-order valence-corrected chi connectivity index (χ3v) is 4.53. The minimum absolute atomic E-state index is 0.103. The van der Waals surface area contributed by atoms with Crippen LogP contribution in [0.5, 0.6) is 0 Å². The minimum atomic E-state index is -0.103. The number of halogens is 1. The second kappa shape index (κ2) is 6.99. The Morgan fingerprint density at radius 2 is 1.90 bits per heavy atom. The summed E-state index contributed by atoms with van der Waals surface area (Å²) >= 11 is 8.17. The second-order valence-corrected chi connectivity index (χ2v) is 7.43. The van der Waals surface area contributed by atoms with Crippen LogP contribution in [0.3, 0.4) is 0 Å². The molecule has 0 aliphatic carbocycles. The molecule has 0 radical (unpaired) electrons. The Bertz CT molecular complexity index is 457. The molecule has 0 aromatic carbocycles. The van der Waals surface area contributed by atoms with Gasteiger partial charge in [0.1, 0.15) is 16.8 Å². The van der Waals surface area contributed by atoms with Gasteiger partial charge in [0, 0.05) is 29.8 Å². The Labute approximate surface area is 132 Å². The van der Waals surface area contributed by atoms with E-state index in [4.69, 9.17) is 16.6 Å². The molecule has 0 saturated heterocycles. The quantitative estimate of drug-likeness (QED) is 0.757. The van der Waals surface area contributed by atoms with Crippen LogP contribution in [0, 0.1) is 6.92 Å². The maximum atomic E-state index is 6.31. The first kappa shape index (κ1) is 17.6. The predicted molar refractivity (Wildman–Crippen MR) is 91.3 cm³/mol. The smallest absolute Gasteiger partial charge is 0.137 e. The van der Waals surface area contributed by atoms with Crippen molar-refractivity contribution in [1.29, 1.82) is 0 Å². The van der Waals surface area contributed by atoms with Gasteiger partial charge in [-0.15, -0.1) is 0 Å². The van der Waals surface area contributed by atoms with Crippen LogP contribution in [0.15, 0.2) is 0 Å². The average molecular weight is 316 g/mol. The highest BCUT2D eigenvalue weighted by Gasteiger charge is 2.24. The van der Waals surface area contributed by atoms with Crippen LogP contribution in [-0.4, -0.2) is 35.1 Å². The van der Waals surface area contributed by atoms with Crippen LogP contribution in [0.2, 0.25) is 5.15 Å². The summed E-state index contributed by atoms with van der Waals surface area (Å²) < 4.78 is 0. The zero-order valence-corrected chi connectivity index (χ0v) is 15.2. The maximum absolute atomic E-state index is 6.31. The highest BCUT2D eigenvalue weighted by atomic mass is 35.5. The lowest BCUT2D eigenvalue weighted by atomic mass is 9.95. The normalized spacial score (nSPS) is 13.4. The van der Waals surface area contributed by atoms with Crippen molar-refractivity contribution in [2.45, 2.75) is 52.5 Å². The maximum Gasteiger partial charge on any atom is 0.137 e. The number of hydrogen-bond acceptors (Lipinski definition) is 4. The zero-order valence-electron chi connectivity index (χ0n) is 13.6. The van der Waals surface area contributed by atoms with Crippen LogP contribution in [0.25, 0.3) is 0 Å². The number of hydrogen-bond donors (Lipinski definition) is 0. The van der Waals surface area contributed by atoms with Gasteiger partial charge in [0.05, 0.1) is 0 Å². The SMILES string of the molecule is CCC(CSC)N(C)c1nc(C(C)(C)C)nc(Cl)c1C. The van der Waals surface area contributed by atoms with Crippen molar-refractivity contribution in [3.63, 3.8) is 0 Å². The molecule has 1 heterocycles. The van der Waals surface area contributed by atoms with Gasteiger partial charge in [0.15, 0.2) is 0 Å². The van der Waals surface area contributed by atoms with Gasteiger partial charge in [-0.1, -0.05) is 39.3 Å². The molecule has 1 unspecified atom stereocenters. The Kier molecular flexibility index (Phi) is 6.14. The Hall–Kier alpha value is -0.480. The van der Waals surface area contributed by atoms with Gasteiger partial charge < -0.3 is 4.90 Å². The Balaban J connectivity index is 3.25. The van der Waals surface area contributed by atoms with E-state index in [9.17, 15) is 0 Å². The largest absolute Gasteiger partial charge is 0.356 e. The molecule has 0 aliphatic rings. The van der Waals surface area contributed by atoms with Crippen LogP contribution >= 0.6 is 23.4 Å². The van der Waals surface area contributed by atoms with E-state index in [1.807, 2.05) is 18.7 Å². The van der Waals surface area contributed by atoms with Gasteiger partial charge in [0.25, 0.3) is 0 Å². The van der Waals surface area contributed by atoms with E-state index in [0.29, 0.717) is 11.2 Å². The van der Waals surface area contributed by atoms with Crippen LogP contribution in [0.4, 0.5) is 5.82 Å². The molecule has 0 fully saturated rings. The molecule has 0 N–H and O–H groups in total. The summed E-state index contributed by atoms with van der Waals surface area (Å²) in [6.07, 6.45) is 3.22. The summed E-state index contributed by atoms with van der Waals surface area (Å²) in [6, 6.07) is 0.461. The highest BCUT2D eigenvalue weighted by molar-refractivity contribution is 7.98. The first-order chi connectivity index (χ1) is 9.22. The molecule has 114 valence electrons. The van der Waals surface area contributed by atoms with Crippen molar-refractivity contribution in [2.24, 2.45) is 0 Å². The topological polar surface area (TPSA) is 29.0 Å². The van der Waals surface area contributed by atoms with E-state index in [-0.39, 0.29) is 5.41 Å². The van der Waals surface area contributed by atoms with Gasteiger partial charge >= 0.3 is 0 Å². The molecule has 20 heavy (non-hydrogen) atoms. The fraction of sp³-hybridized carbons (Fsp3) is 0.733. The lowest BCUT2D eigenvalue weighted by molar-refractivity contribution is 0.541. The van der Waals surface area contributed by atoms with Crippen LogP contribution in [0.1, 0.15) is 45.5 Å². The van der Waals surface area contributed by atoms with Gasteiger partial charge in [-0.2, -0.15) is 11.8 Å². The van der Waals surface area contributed by atoms with Crippen molar-refractivity contribution in [1.82, 2.24) is 9.97 Å². The highest BCUT2D eigenvalue weighted by Crippen LogP contribution is 2.29. The van der Waals surface area contributed by atoms with Crippen LogP contribution in [-0.2, 0) is 5.41 Å². The molecular weight excluding hydrogens is 290 g/mol. The van der Waals surface area contributed by atoms with Gasteiger partial charge in [0.2, 0.25) is 0 Å². The van der Waals surface area contributed by atoms with Gasteiger partial charge in [-0.3, -0.25) is 0 Å². The van der Waals surface area contributed by atoms with Crippen molar-refractivity contribution >= 4 is 29.2 Å². The summed E-state index contributed by atoms with van der Waals surface area (Å²) in [5.41, 5.74) is 0.857. The van der Waals surface area contributed by atoms with Gasteiger partial charge in [-0.25, -0.2) is 9.97 Å².